The molecule has 0 aliphatic rings. The van der Waals surface area contributed by atoms with E-state index in [2.05, 4.69) is 48.4 Å². The number of guanidine groups is 1. The summed E-state index contributed by atoms with van der Waals surface area (Å²) in [4.78, 5) is 4.55. The monoisotopic (exact) mass is 265 g/mol. The Morgan fingerprint density at radius 1 is 1.21 bits per heavy atom. The van der Waals surface area contributed by atoms with Crippen molar-refractivity contribution in [3.63, 3.8) is 0 Å². The van der Waals surface area contributed by atoms with Crippen molar-refractivity contribution in [1.82, 2.24) is 20.4 Å². The average molecular weight is 265 g/mol. The highest BCUT2D eigenvalue weighted by Gasteiger charge is 2.08. The fourth-order valence-electron chi connectivity index (χ4n) is 2.14. The predicted octanol–water partition coefficient (Wildman–Crippen LogP) is 1.54. The van der Waals surface area contributed by atoms with Crippen molar-refractivity contribution in [3.8, 4) is 0 Å². The molecule has 1 aromatic heterocycles. The topological polar surface area (TPSA) is 54.2 Å². The number of aromatic nitrogens is 2. The molecule has 0 bridgehead atoms. The summed E-state index contributed by atoms with van der Waals surface area (Å²) in [5.41, 5.74) is 3.77. The van der Waals surface area contributed by atoms with Gasteiger partial charge in [0.2, 0.25) is 0 Å². The van der Waals surface area contributed by atoms with E-state index in [0.29, 0.717) is 0 Å². The van der Waals surface area contributed by atoms with Crippen LogP contribution in [0, 0.1) is 13.8 Å². The molecule has 1 rings (SSSR count). The van der Waals surface area contributed by atoms with Gasteiger partial charge in [-0.25, -0.2) is 0 Å². The Balaban J connectivity index is 2.47. The third-order valence-corrected chi connectivity index (χ3v) is 3.20. The Kier molecular flexibility index (Phi) is 6.39. The highest BCUT2D eigenvalue weighted by atomic mass is 15.3. The lowest BCUT2D eigenvalue weighted by atomic mass is 10.1. The highest BCUT2D eigenvalue weighted by molar-refractivity contribution is 5.79. The summed E-state index contributed by atoms with van der Waals surface area (Å²) in [6.07, 6.45) is 2.09. The Morgan fingerprint density at radius 2 is 1.84 bits per heavy atom. The van der Waals surface area contributed by atoms with Gasteiger partial charge >= 0.3 is 0 Å². The van der Waals surface area contributed by atoms with Gasteiger partial charge in [-0.15, -0.1) is 0 Å². The van der Waals surface area contributed by atoms with E-state index < -0.39 is 0 Å². The van der Waals surface area contributed by atoms with E-state index in [1.54, 1.807) is 0 Å². The van der Waals surface area contributed by atoms with Crippen molar-refractivity contribution in [2.75, 3.05) is 19.6 Å². The Bertz CT molecular complexity index is 412. The van der Waals surface area contributed by atoms with Crippen molar-refractivity contribution in [2.24, 2.45) is 12.0 Å². The summed E-state index contributed by atoms with van der Waals surface area (Å²) in [6.45, 7) is 11.0. The van der Waals surface area contributed by atoms with Gasteiger partial charge in [0.15, 0.2) is 5.96 Å². The molecule has 5 nitrogen and oxygen atoms in total. The number of aliphatic imine (C=N–C) groups is 1. The maximum Gasteiger partial charge on any atom is 0.191 e. The van der Waals surface area contributed by atoms with Crippen LogP contribution in [0.15, 0.2) is 4.99 Å². The fraction of sp³-hybridized carbons (Fsp3) is 0.714. The van der Waals surface area contributed by atoms with Gasteiger partial charge < -0.3 is 10.6 Å². The smallest absolute Gasteiger partial charge is 0.191 e. The second kappa shape index (κ2) is 7.81. The molecule has 0 fully saturated rings. The van der Waals surface area contributed by atoms with Crippen LogP contribution in [-0.2, 0) is 13.5 Å². The Labute approximate surface area is 116 Å². The molecule has 0 amide bonds. The SMILES string of the molecule is CCNC(=NCCCc1c(C)nn(C)c1C)NCC. The van der Waals surface area contributed by atoms with E-state index in [-0.39, 0.29) is 0 Å². The molecule has 0 unspecified atom stereocenters. The zero-order valence-electron chi connectivity index (χ0n) is 12.9. The number of hydrogen-bond acceptors (Lipinski definition) is 2. The largest absolute Gasteiger partial charge is 0.357 e. The van der Waals surface area contributed by atoms with Crippen molar-refractivity contribution < 1.29 is 0 Å². The van der Waals surface area contributed by atoms with Gasteiger partial charge in [-0.05, 0) is 46.1 Å². The number of nitrogens with zero attached hydrogens (tertiary/aromatic N) is 3. The van der Waals surface area contributed by atoms with Gasteiger partial charge in [0.05, 0.1) is 5.69 Å². The van der Waals surface area contributed by atoms with E-state index in [4.69, 9.17) is 0 Å². The molecule has 0 atom stereocenters. The first-order valence-corrected chi connectivity index (χ1v) is 7.11. The molecule has 0 aromatic carbocycles. The molecule has 1 aromatic rings. The van der Waals surface area contributed by atoms with Crippen LogP contribution >= 0.6 is 0 Å². The van der Waals surface area contributed by atoms with Crippen LogP contribution in [0.25, 0.3) is 0 Å². The lowest BCUT2D eigenvalue weighted by Crippen LogP contribution is -2.37. The Hall–Kier alpha value is -1.52. The zero-order chi connectivity index (χ0) is 14.3. The van der Waals surface area contributed by atoms with Crippen LogP contribution in [-0.4, -0.2) is 35.4 Å². The van der Waals surface area contributed by atoms with Crippen LogP contribution in [0.4, 0.5) is 0 Å². The average Bonchev–Trinajstić information content (AvgIpc) is 2.60. The molecule has 0 radical (unpaired) electrons. The van der Waals surface area contributed by atoms with Crippen molar-refractivity contribution in [2.45, 2.75) is 40.5 Å². The number of aryl methyl sites for hydroxylation is 2. The van der Waals surface area contributed by atoms with E-state index in [1.807, 2.05) is 11.7 Å². The first kappa shape index (κ1) is 15.5. The standard InChI is InChI=1S/C14H27N5/c1-6-15-14(16-7-2)17-10-8-9-13-11(3)18-19(5)12(13)4/h6-10H2,1-5H3,(H2,15,16,17). The molecule has 1 heterocycles. The van der Waals surface area contributed by atoms with E-state index in [9.17, 15) is 0 Å². The van der Waals surface area contributed by atoms with Crippen LogP contribution < -0.4 is 10.6 Å². The molecule has 0 aliphatic heterocycles. The minimum atomic E-state index is 0.836. The maximum atomic E-state index is 4.55. The maximum absolute atomic E-state index is 4.55. The van der Waals surface area contributed by atoms with E-state index >= 15 is 0 Å². The number of rotatable bonds is 6. The zero-order valence-corrected chi connectivity index (χ0v) is 12.9. The summed E-state index contributed by atoms with van der Waals surface area (Å²) in [5, 5.41) is 10.9. The molecule has 0 saturated heterocycles. The molecular formula is C14H27N5. The highest BCUT2D eigenvalue weighted by Crippen LogP contribution is 2.13. The third-order valence-electron chi connectivity index (χ3n) is 3.20. The van der Waals surface area contributed by atoms with Crippen LogP contribution in [0.1, 0.15) is 37.2 Å². The van der Waals surface area contributed by atoms with E-state index in [1.165, 1.54) is 11.3 Å². The van der Waals surface area contributed by atoms with Gasteiger partial charge in [0.1, 0.15) is 0 Å². The molecular weight excluding hydrogens is 238 g/mol. The second-order valence-electron chi connectivity index (χ2n) is 4.67. The normalized spacial score (nSPS) is 10.4. The molecule has 0 aliphatic carbocycles. The minimum Gasteiger partial charge on any atom is -0.357 e. The van der Waals surface area contributed by atoms with Crippen molar-refractivity contribution >= 4 is 5.96 Å². The van der Waals surface area contributed by atoms with Gasteiger partial charge in [0, 0.05) is 32.4 Å². The third kappa shape index (κ3) is 4.58. The van der Waals surface area contributed by atoms with Crippen LogP contribution in [0.3, 0.4) is 0 Å². The summed E-state index contributed by atoms with van der Waals surface area (Å²) < 4.78 is 1.96. The quantitative estimate of drug-likeness (QED) is 0.466. The molecule has 0 saturated carbocycles. The first-order chi connectivity index (χ1) is 9.10. The lowest BCUT2D eigenvalue weighted by molar-refractivity contribution is 0.728. The first-order valence-electron chi connectivity index (χ1n) is 7.11. The van der Waals surface area contributed by atoms with Crippen molar-refractivity contribution in [3.05, 3.63) is 17.0 Å². The van der Waals surface area contributed by atoms with Gasteiger partial charge in [-0.3, -0.25) is 9.67 Å². The summed E-state index contributed by atoms with van der Waals surface area (Å²) in [5.74, 6) is 0.907. The molecule has 5 heteroatoms. The fourth-order valence-corrected chi connectivity index (χ4v) is 2.14. The molecule has 19 heavy (non-hydrogen) atoms. The molecule has 108 valence electrons. The molecule has 2 N–H and O–H groups in total. The lowest BCUT2D eigenvalue weighted by Gasteiger charge is -2.09. The minimum absolute atomic E-state index is 0.836. The van der Waals surface area contributed by atoms with Gasteiger partial charge in [-0.2, -0.15) is 5.10 Å². The number of nitrogens with one attached hydrogen (secondary N) is 2. The van der Waals surface area contributed by atoms with Crippen LogP contribution in [0.5, 0.6) is 0 Å². The Morgan fingerprint density at radius 3 is 2.32 bits per heavy atom. The van der Waals surface area contributed by atoms with Crippen LogP contribution in [0.2, 0.25) is 0 Å². The van der Waals surface area contributed by atoms with E-state index in [0.717, 1.165) is 44.1 Å². The summed E-state index contributed by atoms with van der Waals surface area (Å²) >= 11 is 0. The molecule has 0 spiro atoms. The summed E-state index contributed by atoms with van der Waals surface area (Å²) in [7, 11) is 2.00. The van der Waals surface area contributed by atoms with Crippen molar-refractivity contribution in [1.29, 1.82) is 0 Å². The summed E-state index contributed by atoms with van der Waals surface area (Å²) in [6, 6.07) is 0. The van der Waals surface area contributed by atoms with Gasteiger partial charge in [-0.1, -0.05) is 0 Å². The number of hydrogen-bond donors (Lipinski definition) is 2. The van der Waals surface area contributed by atoms with Gasteiger partial charge in [0.25, 0.3) is 0 Å². The second-order valence-corrected chi connectivity index (χ2v) is 4.67. The predicted molar refractivity (Wildman–Crippen MR) is 80.7 cm³/mol.